The van der Waals surface area contributed by atoms with Crippen LogP contribution >= 0.6 is 0 Å². The van der Waals surface area contributed by atoms with Crippen LogP contribution in [0.15, 0.2) is 35.5 Å². The van der Waals surface area contributed by atoms with Gasteiger partial charge in [0.05, 0.1) is 18.8 Å². The molecule has 1 aliphatic rings. The predicted molar refractivity (Wildman–Crippen MR) is 93.9 cm³/mol. The fourth-order valence-electron chi connectivity index (χ4n) is 2.99. The molecule has 0 aliphatic carbocycles. The maximum atomic E-state index is 14.5. The first-order chi connectivity index (χ1) is 11.1. The SMILES string of the molecule is CCN=C1CN(c2ncc(-c3cccc(CC)c3F)cc2C)C1. The molecule has 1 aliphatic heterocycles. The number of benzene rings is 1. The van der Waals surface area contributed by atoms with E-state index in [2.05, 4.69) is 14.9 Å². The Hall–Kier alpha value is -2.23. The quantitative estimate of drug-likeness (QED) is 0.852. The average Bonchev–Trinajstić information content (AvgIpc) is 2.51. The van der Waals surface area contributed by atoms with E-state index >= 15 is 0 Å². The van der Waals surface area contributed by atoms with E-state index in [1.807, 2.05) is 45.0 Å². The third-order valence-corrected chi connectivity index (χ3v) is 4.25. The first-order valence-electron chi connectivity index (χ1n) is 8.15. The summed E-state index contributed by atoms with van der Waals surface area (Å²) in [7, 11) is 0. The molecule has 0 bridgehead atoms. The van der Waals surface area contributed by atoms with Gasteiger partial charge >= 0.3 is 0 Å². The van der Waals surface area contributed by atoms with Crippen molar-refractivity contribution in [3.05, 3.63) is 47.4 Å². The van der Waals surface area contributed by atoms with Crippen molar-refractivity contribution in [1.29, 1.82) is 0 Å². The molecule has 0 spiro atoms. The Kier molecular flexibility index (Phi) is 4.42. The molecule has 0 unspecified atom stereocenters. The number of anilines is 1. The van der Waals surface area contributed by atoms with Crippen molar-refractivity contribution >= 4 is 11.5 Å². The van der Waals surface area contributed by atoms with E-state index in [9.17, 15) is 4.39 Å². The van der Waals surface area contributed by atoms with Crippen molar-refractivity contribution in [3.8, 4) is 11.1 Å². The van der Waals surface area contributed by atoms with Gasteiger partial charge in [0.1, 0.15) is 11.6 Å². The van der Waals surface area contributed by atoms with Gasteiger partial charge in [-0.2, -0.15) is 0 Å². The zero-order valence-electron chi connectivity index (χ0n) is 13.9. The molecule has 1 fully saturated rings. The highest BCUT2D eigenvalue weighted by Gasteiger charge is 2.24. The highest BCUT2D eigenvalue weighted by atomic mass is 19.1. The van der Waals surface area contributed by atoms with Crippen molar-refractivity contribution in [3.63, 3.8) is 0 Å². The van der Waals surface area contributed by atoms with E-state index in [4.69, 9.17) is 0 Å². The highest BCUT2D eigenvalue weighted by Crippen LogP contribution is 2.29. The molecule has 0 saturated carbocycles. The van der Waals surface area contributed by atoms with E-state index < -0.39 is 0 Å². The van der Waals surface area contributed by atoms with Gasteiger partial charge in [0.25, 0.3) is 0 Å². The lowest BCUT2D eigenvalue weighted by Gasteiger charge is -2.34. The summed E-state index contributed by atoms with van der Waals surface area (Å²) in [5, 5.41) is 0. The van der Waals surface area contributed by atoms with Crippen LogP contribution in [-0.4, -0.2) is 30.3 Å². The number of rotatable bonds is 4. The van der Waals surface area contributed by atoms with Crippen LogP contribution in [0.2, 0.25) is 0 Å². The van der Waals surface area contributed by atoms with Crippen LogP contribution in [0.25, 0.3) is 11.1 Å². The molecule has 2 heterocycles. The molecule has 1 saturated heterocycles. The number of pyridine rings is 1. The molecule has 23 heavy (non-hydrogen) atoms. The zero-order valence-corrected chi connectivity index (χ0v) is 13.9. The lowest BCUT2D eigenvalue weighted by atomic mass is 10.0. The number of hydrogen-bond acceptors (Lipinski definition) is 3. The standard InChI is InChI=1S/C19H22FN3/c1-4-14-7-6-8-17(18(14)20)15-9-13(3)19(22-10-15)23-11-16(12-23)21-5-2/h6-10H,4-5,11-12H2,1-3H3. The minimum absolute atomic E-state index is 0.134. The maximum absolute atomic E-state index is 14.5. The molecule has 1 aromatic heterocycles. The molecule has 0 radical (unpaired) electrons. The summed E-state index contributed by atoms with van der Waals surface area (Å²) in [6, 6.07) is 7.58. The van der Waals surface area contributed by atoms with Gasteiger partial charge in [0.2, 0.25) is 0 Å². The number of hydrogen-bond donors (Lipinski definition) is 0. The highest BCUT2D eigenvalue weighted by molar-refractivity contribution is 5.99. The van der Waals surface area contributed by atoms with Gasteiger partial charge in [-0.15, -0.1) is 0 Å². The van der Waals surface area contributed by atoms with E-state index in [1.54, 1.807) is 6.20 Å². The van der Waals surface area contributed by atoms with Gasteiger partial charge in [-0.1, -0.05) is 25.1 Å². The van der Waals surface area contributed by atoms with Crippen molar-refractivity contribution in [2.75, 3.05) is 24.5 Å². The minimum Gasteiger partial charge on any atom is -0.345 e. The van der Waals surface area contributed by atoms with Crippen LogP contribution in [0.1, 0.15) is 25.0 Å². The van der Waals surface area contributed by atoms with Gasteiger partial charge in [-0.05, 0) is 37.5 Å². The third kappa shape index (κ3) is 2.98. The van der Waals surface area contributed by atoms with Crippen molar-refractivity contribution in [2.45, 2.75) is 27.2 Å². The number of nitrogens with zero attached hydrogens (tertiary/aromatic N) is 3. The van der Waals surface area contributed by atoms with Gasteiger partial charge in [0, 0.05) is 23.9 Å². The Morgan fingerprint density at radius 1 is 1.26 bits per heavy atom. The molecule has 3 nitrogen and oxygen atoms in total. The van der Waals surface area contributed by atoms with E-state index in [-0.39, 0.29) is 5.82 Å². The molecule has 2 aromatic rings. The fourth-order valence-corrected chi connectivity index (χ4v) is 2.99. The number of halogens is 1. The second kappa shape index (κ2) is 6.49. The Morgan fingerprint density at radius 2 is 2.04 bits per heavy atom. The first-order valence-corrected chi connectivity index (χ1v) is 8.15. The average molecular weight is 311 g/mol. The van der Waals surface area contributed by atoms with Crippen LogP contribution in [0.5, 0.6) is 0 Å². The topological polar surface area (TPSA) is 28.5 Å². The maximum Gasteiger partial charge on any atom is 0.134 e. The first kappa shape index (κ1) is 15.7. The monoisotopic (exact) mass is 311 g/mol. The molecule has 120 valence electrons. The van der Waals surface area contributed by atoms with Crippen LogP contribution in [0.4, 0.5) is 10.2 Å². The molecule has 3 rings (SSSR count). The fraction of sp³-hybridized carbons (Fsp3) is 0.368. The normalized spacial score (nSPS) is 13.9. The number of aryl methyl sites for hydroxylation is 2. The summed E-state index contributed by atoms with van der Waals surface area (Å²) < 4.78 is 14.5. The molecular weight excluding hydrogens is 289 g/mol. The van der Waals surface area contributed by atoms with Gasteiger partial charge in [0.15, 0.2) is 0 Å². The summed E-state index contributed by atoms with van der Waals surface area (Å²) in [4.78, 5) is 11.2. The predicted octanol–water partition coefficient (Wildman–Crippen LogP) is 4.04. The van der Waals surface area contributed by atoms with Gasteiger partial charge < -0.3 is 4.90 Å². The van der Waals surface area contributed by atoms with Crippen LogP contribution < -0.4 is 4.90 Å². The van der Waals surface area contributed by atoms with Crippen LogP contribution in [-0.2, 0) is 6.42 Å². The van der Waals surface area contributed by atoms with E-state index in [0.717, 1.165) is 42.1 Å². The van der Waals surface area contributed by atoms with Crippen LogP contribution in [0.3, 0.4) is 0 Å². The summed E-state index contributed by atoms with van der Waals surface area (Å²) in [6.45, 7) is 8.58. The Bertz CT molecular complexity index is 744. The minimum atomic E-state index is -0.134. The second-order valence-electron chi connectivity index (χ2n) is 5.89. The molecule has 0 N–H and O–H groups in total. The Balaban J connectivity index is 1.87. The van der Waals surface area contributed by atoms with Crippen molar-refractivity contribution < 1.29 is 4.39 Å². The number of aromatic nitrogens is 1. The molecule has 4 heteroatoms. The van der Waals surface area contributed by atoms with E-state index in [0.29, 0.717) is 12.0 Å². The summed E-state index contributed by atoms with van der Waals surface area (Å²) in [6.07, 6.45) is 2.46. The van der Waals surface area contributed by atoms with Gasteiger partial charge in [-0.3, -0.25) is 4.99 Å². The van der Waals surface area contributed by atoms with E-state index in [1.165, 1.54) is 5.71 Å². The molecular formula is C19H22FN3. The van der Waals surface area contributed by atoms with Crippen LogP contribution in [0, 0.1) is 12.7 Å². The van der Waals surface area contributed by atoms with Crippen molar-refractivity contribution in [2.24, 2.45) is 4.99 Å². The Morgan fingerprint density at radius 3 is 2.70 bits per heavy atom. The lowest BCUT2D eigenvalue weighted by Crippen LogP contribution is -2.48. The smallest absolute Gasteiger partial charge is 0.134 e. The lowest BCUT2D eigenvalue weighted by molar-refractivity contribution is 0.615. The van der Waals surface area contributed by atoms with Crippen molar-refractivity contribution in [1.82, 2.24) is 4.98 Å². The largest absolute Gasteiger partial charge is 0.345 e. The third-order valence-electron chi connectivity index (χ3n) is 4.25. The summed E-state index contributed by atoms with van der Waals surface area (Å²) in [5.74, 6) is 0.834. The second-order valence-corrected chi connectivity index (χ2v) is 5.89. The number of aliphatic imine (C=N–C) groups is 1. The Labute approximate surface area is 136 Å². The van der Waals surface area contributed by atoms with Gasteiger partial charge in [-0.25, -0.2) is 9.37 Å². The summed E-state index contributed by atoms with van der Waals surface area (Å²) in [5.41, 5.74) is 4.50. The molecule has 0 atom stereocenters. The molecule has 1 aromatic carbocycles. The summed E-state index contributed by atoms with van der Waals surface area (Å²) >= 11 is 0. The molecule has 0 amide bonds. The zero-order chi connectivity index (χ0) is 16.4.